The Morgan fingerprint density at radius 1 is 0.364 bits per heavy atom. The smallest absolute Gasteiger partial charge is 0.201 e. The van der Waals surface area contributed by atoms with E-state index >= 15 is 0 Å². The first kappa shape index (κ1) is 20.5. The molecule has 0 nitrogen and oxygen atoms in total. The van der Waals surface area contributed by atoms with Crippen LogP contribution in [0.1, 0.15) is 0 Å². The van der Waals surface area contributed by atoms with E-state index in [1.807, 2.05) is 0 Å². The molecule has 0 unspecified atom stereocenters. The molecule has 0 spiro atoms. The van der Waals surface area contributed by atoms with Gasteiger partial charge in [0, 0.05) is 0 Å². The summed E-state index contributed by atoms with van der Waals surface area (Å²) in [6, 6.07) is 0. The monoisotopic (exact) mass is 362 g/mol. The summed E-state index contributed by atoms with van der Waals surface area (Å²) < 4.78 is 169. The molecule has 0 fully saturated rings. The van der Waals surface area contributed by atoms with E-state index in [4.69, 9.17) is 0 Å². The lowest BCUT2D eigenvalue weighted by atomic mass is 10.0. The summed E-state index contributed by atoms with van der Waals surface area (Å²) >= 11 is 0. The standard InChI is InChI=1S/C8F14/c9-3(7(17,18)19)1(5(11,12)13)2(6(14,15)16)4(10)8(20,21)22. The number of rotatable bonds is 1. The van der Waals surface area contributed by atoms with E-state index in [0.717, 1.165) is 0 Å². The van der Waals surface area contributed by atoms with Gasteiger partial charge in [-0.2, -0.15) is 52.7 Å². The summed E-state index contributed by atoms with van der Waals surface area (Å²) in [5.74, 6) is -9.13. The van der Waals surface area contributed by atoms with Crippen LogP contribution in [-0.2, 0) is 0 Å². The van der Waals surface area contributed by atoms with Crippen LogP contribution in [0.15, 0.2) is 22.8 Å². The zero-order valence-electron chi connectivity index (χ0n) is 9.29. The lowest BCUT2D eigenvalue weighted by molar-refractivity contribution is -0.146. The highest BCUT2D eigenvalue weighted by molar-refractivity contribution is 5.44. The summed E-state index contributed by atoms with van der Waals surface area (Å²) in [5.41, 5.74) is -8.91. The molecule has 0 saturated heterocycles. The van der Waals surface area contributed by atoms with Crippen LogP contribution in [-0.4, -0.2) is 24.7 Å². The summed E-state index contributed by atoms with van der Waals surface area (Å²) in [7, 11) is 0. The third-order valence-corrected chi connectivity index (χ3v) is 1.75. The number of alkyl halides is 12. The molecule has 0 aliphatic carbocycles. The molecule has 14 heteroatoms. The predicted octanol–water partition coefficient (Wildman–Crippen LogP) is 5.68. The molecular weight excluding hydrogens is 362 g/mol. The quantitative estimate of drug-likeness (QED) is 0.416. The van der Waals surface area contributed by atoms with Gasteiger partial charge in [-0.25, -0.2) is 8.78 Å². The van der Waals surface area contributed by atoms with Crippen molar-refractivity contribution >= 4 is 0 Å². The minimum atomic E-state index is -6.91. The number of allylic oxidation sites excluding steroid dienone is 4. The Morgan fingerprint density at radius 3 is 0.636 bits per heavy atom. The van der Waals surface area contributed by atoms with Crippen LogP contribution in [0, 0.1) is 0 Å². The van der Waals surface area contributed by atoms with E-state index in [9.17, 15) is 61.5 Å². The van der Waals surface area contributed by atoms with Gasteiger partial charge in [0.2, 0.25) is 11.7 Å². The second kappa shape index (κ2) is 5.61. The maximum absolute atomic E-state index is 12.6. The molecule has 0 heterocycles. The Kier molecular flexibility index (Phi) is 5.22. The molecule has 0 radical (unpaired) electrons. The molecule has 0 amide bonds. The van der Waals surface area contributed by atoms with Gasteiger partial charge in [-0.05, 0) is 0 Å². The normalized spacial score (nSPS) is 17.2. The summed E-state index contributed by atoms with van der Waals surface area (Å²) in [6.07, 6.45) is -27.3. The van der Waals surface area contributed by atoms with Crippen molar-refractivity contribution in [3.05, 3.63) is 22.8 Å². The molecule has 0 aromatic rings. The largest absolute Gasteiger partial charge is 0.443 e. The van der Waals surface area contributed by atoms with E-state index in [-0.39, 0.29) is 0 Å². The minimum Gasteiger partial charge on any atom is -0.201 e. The second-order valence-corrected chi connectivity index (χ2v) is 3.37. The Bertz CT molecular complexity index is 429. The molecule has 0 bridgehead atoms. The van der Waals surface area contributed by atoms with E-state index in [0.29, 0.717) is 0 Å². The fraction of sp³-hybridized carbons (Fsp3) is 0.500. The van der Waals surface area contributed by atoms with Gasteiger partial charge in [-0.3, -0.25) is 0 Å². The molecular formula is C8F14. The summed E-state index contributed by atoms with van der Waals surface area (Å²) in [6.45, 7) is 0. The van der Waals surface area contributed by atoms with Crippen LogP contribution in [0.3, 0.4) is 0 Å². The highest BCUT2D eigenvalue weighted by atomic mass is 19.4. The number of halogens is 14. The molecule has 0 atom stereocenters. The van der Waals surface area contributed by atoms with Gasteiger partial charge in [-0.15, -0.1) is 0 Å². The SMILES string of the molecule is FC(=C(C(=C(F)C(F)(F)F)C(F)(F)F)C(F)(F)F)C(F)(F)F. The highest BCUT2D eigenvalue weighted by Crippen LogP contribution is 2.49. The van der Waals surface area contributed by atoms with Gasteiger partial charge in [0.1, 0.15) is 11.1 Å². The fourth-order valence-corrected chi connectivity index (χ4v) is 1.04. The topological polar surface area (TPSA) is 0 Å². The molecule has 0 aliphatic heterocycles. The predicted molar refractivity (Wildman–Crippen MR) is 40.5 cm³/mol. The lowest BCUT2D eigenvalue weighted by Crippen LogP contribution is -2.30. The van der Waals surface area contributed by atoms with E-state index in [1.165, 1.54) is 0 Å². The van der Waals surface area contributed by atoms with Gasteiger partial charge in [0.25, 0.3) is 0 Å². The molecule has 0 saturated carbocycles. The van der Waals surface area contributed by atoms with Crippen LogP contribution in [0.4, 0.5) is 61.5 Å². The van der Waals surface area contributed by atoms with Crippen molar-refractivity contribution in [2.75, 3.05) is 0 Å². The first-order valence-electron chi connectivity index (χ1n) is 4.40. The van der Waals surface area contributed by atoms with E-state index in [2.05, 4.69) is 0 Å². The Hall–Kier alpha value is -1.50. The number of hydrogen-bond acceptors (Lipinski definition) is 0. The maximum atomic E-state index is 12.6. The van der Waals surface area contributed by atoms with Crippen molar-refractivity contribution in [1.82, 2.24) is 0 Å². The van der Waals surface area contributed by atoms with E-state index in [1.54, 1.807) is 0 Å². The highest BCUT2D eigenvalue weighted by Gasteiger charge is 2.58. The van der Waals surface area contributed by atoms with Crippen molar-refractivity contribution < 1.29 is 61.5 Å². The third-order valence-electron chi connectivity index (χ3n) is 1.75. The summed E-state index contributed by atoms with van der Waals surface area (Å²) in [4.78, 5) is 0. The zero-order valence-corrected chi connectivity index (χ0v) is 9.29. The summed E-state index contributed by atoms with van der Waals surface area (Å²) in [5, 5.41) is 0. The second-order valence-electron chi connectivity index (χ2n) is 3.37. The number of hydrogen-bond donors (Lipinski definition) is 0. The van der Waals surface area contributed by atoms with Gasteiger partial charge in [0.15, 0.2) is 0 Å². The molecule has 0 N–H and O–H groups in total. The van der Waals surface area contributed by atoms with Crippen molar-refractivity contribution in [3.63, 3.8) is 0 Å². The van der Waals surface area contributed by atoms with Crippen molar-refractivity contribution in [1.29, 1.82) is 0 Å². The van der Waals surface area contributed by atoms with Crippen LogP contribution in [0.2, 0.25) is 0 Å². The average molecular weight is 362 g/mol. The van der Waals surface area contributed by atoms with Gasteiger partial charge < -0.3 is 0 Å². The van der Waals surface area contributed by atoms with Crippen molar-refractivity contribution in [2.45, 2.75) is 24.7 Å². The minimum absolute atomic E-state index is 4.46. The van der Waals surface area contributed by atoms with Gasteiger partial charge in [-0.1, -0.05) is 0 Å². The van der Waals surface area contributed by atoms with Crippen LogP contribution < -0.4 is 0 Å². The van der Waals surface area contributed by atoms with Gasteiger partial charge >= 0.3 is 24.7 Å². The molecule has 0 aromatic carbocycles. The maximum Gasteiger partial charge on any atom is 0.443 e. The third kappa shape index (κ3) is 4.76. The molecule has 0 aromatic heterocycles. The van der Waals surface area contributed by atoms with Crippen molar-refractivity contribution in [2.24, 2.45) is 0 Å². The Balaban J connectivity index is 6.95. The Morgan fingerprint density at radius 2 is 0.545 bits per heavy atom. The molecule has 22 heavy (non-hydrogen) atoms. The lowest BCUT2D eigenvalue weighted by Gasteiger charge is -2.21. The molecule has 130 valence electrons. The molecule has 0 aliphatic rings. The fourth-order valence-electron chi connectivity index (χ4n) is 1.04. The first-order chi connectivity index (χ1) is 9.31. The van der Waals surface area contributed by atoms with Crippen LogP contribution in [0.25, 0.3) is 0 Å². The molecule has 0 rings (SSSR count). The van der Waals surface area contributed by atoms with Gasteiger partial charge in [0.05, 0.1) is 0 Å². The van der Waals surface area contributed by atoms with Crippen molar-refractivity contribution in [3.8, 4) is 0 Å². The first-order valence-corrected chi connectivity index (χ1v) is 4.40. The van der Waals surface area contributed by atoms with E-state index < -0.39 is 47.5 Å². The zero-order chi connectivity index (χ0) is 18.3. The van der Waals surface area contributed by atoms with Crippen LogP contribution >= 0.6 is 0 Å². The van der Waals surface area contributed by atoms with Crippen LogP contribution in [0.5, 0.6) is 0 Å². The average Bonchev–Trinajstić information content (AvgIpc) is 2.17. The Labute approximate surface area is 110 Å².